The molecule has 4 nitrogen and oxygen atoms in total. The maximum atomic E-state index is 11.8. The molecule has 0 aromatic heterocycles. The molecular formula is C9H16ClF3N2O2. The summed E-state index contributed by atoms with van der Waals surface area (Å²) in [6.45, 7) is -0.0935. The zero-order chi connectivity index (χ0) is 12.2. The van der Waals surface area contributed by atoms with Gasteiger partial charge in [0, 0.05) is 0 Å². The molecule has 102 valence electrons. The zero-order valence-electron chi connectivity index (χ0n) is 9.09. The largest absolute Gasteiger partial charge is 0.416 e. The van der Waals surface area contributed by atoms with Crippen molar-refractivity contribution in [1.29, 1.82) is 0 Å². The molecule has 1 amide bonds. The van der Waals surface area contributed by atoms with Crippen LogP contribution in [0.3, 0.4) is 0 Å². The Morgan fingerprint density at radius 1 is 1.41 bits per heavy atom. The molecule has 0 aromatic rings. The Labute approximate surface area is 103 Å². The number of nitrogens with one attached hydrogen (secondary N) is 2. The summed E-state index contributed by atoms with van der Waals surface area (Å²) in [6.07, 6.45) is -4.91. The first kappa shape index (κ1) is 16.5. The van der Waals surface area contributed by atoms with Crippen LogP contribution in [-0.2, 0) is 4.79 Å². The van der Waals surface area contributed by atoms with Crippen molar-refractivity contribution in [2.24, 2.45) is 5.92 Å². The topological polar surface area (TPSA) is 61.4 Å². The third kappa shape index (κ3) is 7.40. The van der Waals surface area contributed by atoms with Crippen LogP contribution >= 0.6 is 12.4 Å². The molecule has 0 aromatic carbocycles. The number of amides is 1. The molecule has 0 spiro atoms. The van der Waals surface area contributed by atoms with E-state index < -0.39 is 24.7 Å². The van der Waals surface area contributed by atoms with Gasteiger partial charge in [-0.1, -0.05) is 0 Å². The highest BCUT2D eigenvalue weighted by atomic mass is 35.5. The third-order valence-corrected chi connectivity index (χ3v) is 2.29. The van der Waals surface area contributed by atoms with E-state index in [2.05, 4.69) is 5.32 Å². The summed E-state index contributed by atoms with van der Waals surface area (Å²) in [5, 5.41) is 13.4. The van der Waals surface area contributed by atoms with E-state index in [1.807, 2.05) is 5.32 Å². The number of aliphatic hydroxyl groups excluding tert-OH is 1. The average Bonchev–Trinajstić information content (AvgIpc) is 2.96. The van der Waals surface area contributed by atoms with Gasteiger partial charge in [-0.25, -0.2) is 0 Å². The molecule has 1 fully saturated rings. The SMILES string of the molecule is Cl.O=C(CNCC1CC1)NCC(O)C(F)(F)F. The van der Waals surface area contributed by atoms with Gasteiger partial charge in [-0.3, -0.25) is 4.79 Å². The van der Waals surface area contributed by atoms with Crippen LogP contribution in [0.25, 0.3) is 0 Å². The Kier molecular flexibility index (Phi) is 6.81. The van der Waals surface area contributed by atoms with Crippen LogP contribution < -0.4 is 10.6 Å². The summed E-state index contributed by atoms with van der Waals surface area (Å²) in [6, 6.07) is 0. The normalized spacial score (nSPS) is 17.2. The van der Waals surface area contributed by atoms with Crippen LogP contribution in [0, 0.1) is 5.92 Å². The number of alkyl halides is 3. The monoisotopic (exact) mass is 276 g/mol. The van der Waals surface area contributed by atoms with E-state index in [4.69, 9.17) is 5.11 Å². The maximum Gasteiger partial charge on any atom is 0.416 e. The lowest BCUT2D eigenvalue weighted by Crippen LogP contribution is -2.43. The Balaban J connectivity index is 0.00000256. The van der Waals surface area contributed by atoms with Gasteiger partial charge in [0.05, 0.1) is 13.1 Å². The van der Waals surface area contributed by atoms with E-state index >= 15 is 0 Å². The quantitative estimate of drug-likeness (QED) is 0.660. The van der Waals surface area contributed by atoms with Gasteiger partial charge < -0.3 is 15.7 Å². The summed E-state index contributed by atoms with van der Waals surface area (Å²) >= 11 is 0. The highest BCUT2D eigenvalue weighted by Crippen LogP contribution is 2.27. The Morgan fingerprint density at radius 2 is 2.00 bits per heavy atom. The summed E-state index contributed by atoms with van der Waals surface area (Å²) in [5.41, 5.74) is 0. The number of carbonyl (C=O) groups is 1. The number of hydrogen-bond donors (Lipinski definition) is 3. The van der Waals surface area contributed by atoms with Gasteiger partial charge in [0.25, 0.3) is 0 Å². The van der Waals surface area contributed by atoms with Crippen LogP contribution in [0.15, 0.2) is 0 Å². The van der Waals surface area contributed by atoms with Crippen molar-refractivity contribution >= 4 is 18.3 Å². The molecule has 0 bridgehead atoms. The summed E-state index contributed by atoms with van der Waals surface area (Å²) in [4.78, 5) is 11.0. The number of halogens is 4. The molecular weight excluding hydrogens is 261 g/mol. The first-order chi connectivity index (χ1) is 7.39. The molecule has 1 rings (SSSR count). The van der Waals surface area contributed by atoms with Crippen molar-refractivity contribution in [2.45, 2.75) is 25.1 Å². The predicted molar refractivity (Wildman–Crippen MR) is 57.9 cm³/mol. The minimum atomic E-state index is -4.69. The molecule has 0 radical (unpaired) electrons. The van der Waals surface area contributed by atoms with Gasteiger partial charge in [0.1, 0.15) is 0 Å². The second-order valence-electron chi connectivity index (χ2n) is 3.94. The van der Waals surface area contributed by atoms with Crippen LogP contribution in [0.1, 0.15) is 12.8 Å². The lowest BCUT2D eigenvalue weighted by atomic mass is 10.3. The Bertz CT molecular complexity index is 247. The van der Waals surface area contributed by atoms with Crippen molar-refractivity contribution in [3.05, 3.63) is 0 Å². The maximum absolute atomic E-state index is 11.8. The van der Waals surface area contributed by atoms with Gasteiger partial charge in [0.15, 0.2) is 6.10 Å². The van der Waals surface area contributed by atoms with Crippen LogP contribution in [0.5, 0.6) is 0 Å². The summed E-state index contributed by atoms with van der Waals surface area (Å²) in [5.74, 6) is 0.0671. The minimum Gasteiger partial charge on any atom is -0.382 e. The first-order valence-electron chi connectivity index (χ1n) is 5.12. The molecule has 8 heteroatoms. The highest BCUT2D eigenvalue weighted by Gasteiger charge is 2.38. The van der Waals surface area contributed by atoms with E-state index in [1.54, 1.807) is 0 Å². The fraction of sp³-hybridized carbons (Fsp3) is 0.889. The van der Waals surface area contributed by atoms with Crippen LogP contribution in [0.4, 0.5) is 13.2 Å². The minimum absolute atomic E-state index is 0. The van der Waals surface area contributed by atoms with Gasteiger partial charge in [-0.05, 0) is 25.3 Å². The summed E-state index contributed by atoms with van der Waals surface area (Å²) < 4.78 is 35.5. The van der Waals surface area contributed by atoms with E-state index in [0.29, 0.717) is 5.92 Å². The van der Waals surface area contributed by atoms with Crippen molar-refractivity contribution in [3.8, 4) is 0 Å². The van der Waals surface area contributed by atoms with Gasteiger partial charge in [-0.15, -0.1) is 12.4 Å². The average molecular weight is 277 g/mol. The Hall–Kier alpha value is -0.530. The predicted octanol–water partition coefficient (Wildman–Crippen LogP) is 0.447. The molecule has 0 aliphatic heterocycles. The molecule has 1 aliphatic rings. The van der Waals surface area contributed by atoms with E-state index in [1.165, 1.54) is 0 Å². The first-order valence-corrected chi connectivity index (χ1v) is 5.12. The highest BCUT2D eigenvalue weighted by molar-refractivity contribution is 5.85. The van der Waals surface area contributed by atoms with Crippen molar-refractivity contribution in [2.75, 3.05) is 19.6 Å². The van der Waals surface area contributed by atoms with Crippen LogP contribution in [0.2, 0.25) is 0 Å². The molecule has 1 atom stereocenters. The Morgan fingerprint density at radius 3 is 2.47 bits per heavy atom. The second kappa shape index (κ2) is 7.03. The molecule has 1 saturated carbocycles. The van der Waals surface area contributed by atoms with E-state index in [0.717, 1.165) is 19.4 Å². The lowest BCUT2D eigenvalue weighted by Gasteiger charge is -2.15. The fourth-order valence-electron chi connectivity index (χ4n) is 1.10. The van der Waals surface area contributed by atoms with Gasteiger partial charge >= 0.3 is 6.18 Å². The summed E-state index contributed by atoms with van der Waals surface area (Å²) in [7, 11) is 0. The molecule has 17 heavy (non-hydrogen) atoms. The fourth-order valence-corrected chi connectivity index (χ4v) is 1.10. The third-order valence-electron chi connectivity index (χ3n) is 2.29. The molecule has 0 heterocycles. The standard InChI is InChI=1S/C9H15F3N2O2.ClH/c10-9(11,12)7(15)4-14-8(16)5-13-3-6-1-2-6;/h6-7,13,15H,1-5H2,(H,14,16);1H. The van der Waals surface area contributed by atoms with Gasteiger partial charge in [-0.2, -0.15) is 13.2 Å². The van der Waals surface area contributed by atoms with Crippen molar-refractivity contribution in [3.63, 3.8) is 0 Å². The number of rotatable bonds is 6. The molecule has 0 saturated heterocycles. The lowest BCUT2D eigenvalue weighted by molar-refractivity contribution is -0.201. The molecule has 1 aliphatic carbocycles. The smallest absolute Gasteiger partial charge is 0.382 e. The van der Waals surface area contributed by atoms with E-state index in [9.17, 15) is 18.0 Å². The van der Waals surface area contributed by atoms with E-state index in [-0.39, 0.29) is 19.0 Å². The van der Waals surface area contributed by atoms with Gasteiger partial charge in [0.2, 0.25) is 5.91 Å². The number of carbonyl (C=O) groups excluding carboxylic acids is 1. The van der Waals surface area contributed by atoms with Crippen molar-refractivity contribution in [1.82, 2.24) is 10.6 Å². The molecule has 1 unspecified atom stereocenters. The van der Waals surface area contributed by atoms with Crippen molar-refractivity contribution < 1.29 is 23.1 Å². The molecule has 3 N–H and O–H groups in total. The van der Waals surface area contributed by atoms with Crippen LogP contribution in [-0.4, -0.2) is 42.9 Å². The number of hydrogen-bond acceptors (Lipinski definition) is 3. The number of aliphatic hydroxyl groups is 1. The second-order valence-corrected chi connectivity index (χ2v) is 3.94. The zero-order valence-corrected chi connectivity index (χ0v) is 9.90.